The first-order valence-electron chi connectivity index (χ1n) is 15.0. The first-order chi connectivity index (χ1) is 22.8. The van der Waals surface area contributed by atoms with E-state index >= 15 is 0 Å². The van der Waals surface area contributed by atoms with Gasteiger partial charge >= 0.3 is 0 Å². The highest BCUT2D eigenvalue weighted by Crippen LogP contribution is 2.36. The molecule has 46 heavy (non-hydrogen) atoms. The number of benzene rings is 3. The van der Waals surface area contributed by atoms with Crippen molar-refractivity contribution in [2.24, 2.45) is 0 Å². The Hall–Kier alpha value is -6.47. The van der Waals surface area contributed by atoms with Crippen molar-refractivity contribution < 1.29 is 0 Å². The minimum atomic E-state index is 0.618. The minimum absolute atomic E-state index is 0.618. The van der Waals surface area contributed by atoms with Gasteiger partial charge in [0, 0.05) is 74.8 Å². The molecule has 0 N–H and O–H groups in total. The summed E-state index contributed by atoms with van der Waals surface area (Å²) in [4.78, 5) is 33.6. The van der Waals surface area contributed by atoms with E-state index in [1.807, 2.05) is 54.9 Å². The molecule has 0 aliphatic rings. The molecule has 0 radical (unpaired) electrons. The summed E-state index contributed by atoms with van der Waals surface area (Å²) in [6.07, 6.45) is 9.07. The maximum absolute atomic E-state index is 5.16. The average molecular weight is 590 g/mol. The predicted molar refractivity (Wildman–Crippen MR) is 183 cm³/mol. The van der Waals surface area contributed by atoms with Crippen molar-refractivity contribution in [2.75, 3.05) is 0 Å². The lowest BCUT2D eigenvalue weighted by Gasteiger charge is -2.13. The van der Waals surface area contributed by atoms with Crippen molar-refractivity contribution in [3.05, 3.63) is 140 Å². The highest BCUT2D eigenvalue weighted by molar-refractivity contribution is 6.09. The zero-order chi connectivity index (χ0) is 30.5. The van der Waals surface area contributed by atoms with Crippen LogP contribution in [-0.4, -0.2) is 34.9 Å². The van der Waals surface area contributed by atoms with Crippen LogP contribution in [0.3, 0.4) is 0 Å². The van der Waals surface area contributed by atoms with Gasteiger partial charge in [-0.05, 0) is 42.5 Å². The van der Waals surface area contributed by atoms with Crippen molar-refractivity contribution in [3.63, 3.8) is 0 Å². The van der Waals surface area contributed by atoms with Crippen LogP contribution in [0.1, 0.15) is 0 Å². The Bertz CT molecular complexity index is 2450. The Morgan fingerprint density at radius 1 is 0.348 bits per heavy atom. The molecule has 0 saturated carbocycles. The fourth-order valence-electron chi connectivity index (χ4n) is 6.13. The van der Waals surface area contributed by atoms with Crippen molar-refractivity contribution in [1.82, 2.24) is 34.9 Å². The van der Waals surface area contributed by atoms with E-state index in [1.165, 1.54) is 0 Å². The summed E-state index contributed by atoms with van der Waals surface area (Å²) in [5, 5.41) is 4.04. The van der Waals surface area contributed by atoms with Gasteiger partial charge in [0.2, 0.25) is 0 Å². The molecule has 0 unspecified atom stereocenters. The second-order valence-electron chi connectivity index (χ2n) is 11.0. The lowest BCUT2D eigenvalue weighted by Crippen LogP contribution is -1.98. The monoisotopic (exact) mass is 589 g/mol. The van der Waals surface area contributed by atoms with Crippen molar-refractivity contribution in [2.45, 2.75) is 0 Å². The fraction of sp³-hybridized carbons (Fsp3) is 0. The van der Waals surface area contributed by atoms with Crippen LogP contribution in [0.4, 0.5) is 0 Å². The Balaban J connectivity index is 1.28. The first-order valence-corrected chi connectivity index (χ1v) is 15.0. The van der Waals surface area contributed by atoms with Crippen LogP contribution < -0.4 is 0 Å². The molecule has 7 nitrogen and oxygen atoms in total. The minimum Gasteiger partial charge on any atom is -0.256 e. The molecule has 0 spiro atoms. The van der Waals surface area contributed by atoms with Crippen LogP contribution in [0.2, 0.25) is 0 Å². The first kappa shape index (κ1) is 26.0. The molecule has 9 aromatic rings. The van der Waals surface area contributed by atoms with E-state index < -0.39 is 0 Å². The molecule has 7 heteroatoms. The largest absolute Gasteiger partial charge is 0.256 e. The van der Waals surface area contributed by atoms with Crippen molar-refractivity contribution >= 4 is 43.6 Å². The van der Waals surface area contributed by atoms with Crippen LogP contribution in [0, 0.1) is 0 Å². The summed E-state index contributed by atoms with van der Waals surface area (Å²) in [5.74, 6) is 0.618. The van der Waals surface area contributed by atoms with E-state index in [2.05, 4.69) is 81.7 Å². The molecule has 214 valence electrons. The summed E-state index contributed by atoms with van der Waals surface area (Å²) >= 11 is 0. The molecule has 6 heterocycles. The molecule has 0 aliphatic heterocycles. The second-order valence-corrected chi connectivity index (χ2v) is 11.0. The predicted octanol–water partition coefficient (Wildman–Crippen LogP) is 8.73. The van der Waals surface area contributed by atoms with Gasteiger partial charge in [-0.2, -0.15) is 0 Å². The maximum atomic E-state index is 5.16. The number of nitrogens with zero attached hydrogens (tertiary/aromatic N) is 7. The van der Waals surface area contributed by atoms with Gasteiger partial charge in [0.15, 0.2) is 5.82 Å². The van der Waals surface area contributed by atoms with Gasteiger partial charge in [0.25, 0.3) is 0 Å². The third kappa shape index (κ3) is 4.33. The quantitative estimate of drug-likeness (QED) is 0.190. The van der Waals surface area contributed by atoms with Crippen molar-refractivity contribution in [1.29, 1.82) is 0 Å². The topological polar surface area (TPSA) is 90.2 Å². The summed E-state index contributed by atoms with van der Waals surface area (Å²) < 4.78 is 0. The van der Waals surface area contributed by atoms with Gasteiger partial charge in [0.05, 0.1) is 39.1 Å². The Labute approximate surface area is 263 Å². The molecule has 0 atom stereocenters. The molecule has 0 aliphatic carbocycles. The summed E-state index contributed by atoms with van der Waals surface area (Å²) in [7, 11) is 0. The molecule has 0 fully saturated rings. The number of fused-ring (bicyclic) bond motifs is 6. The molecule has 9 rings (SSSR count). The Kier molecular flexibility index (Phi) is 5.99. The summed E-state index contributed by atoms with van der Waals surface area (Å²) in [6, 6.07) is 36.6. The average Bonchev–Trinajstić information content (AvgIpc) is 3.14. The summed E-state index contributed by atoms with van der Waals surface area (Å²) in [5.41, 5.74) is 9.74. The molecule has 0 saturated heterocycles. The van der Waals surface area contributed by atoms with Crippen molar-refractivity contribution in [3.8, 4) is 45.2 Å². The lowest BCUT2D eigenvalue weighted by molar-refractivity contribution is 1.18. The second kappa shape index (κ2) is 10.6. The third-order valence-corrected chi connectivity index (χ3v) is 8.35. The number of hydrogen-bond acceptors (Lipinski definition) is 7. The number of aromatic nitrogens is 7. The number of rotatable bonds is 4. The fourth-order valence-corrected chi connectivity index (χ4v) is 6.13. The van der Waals surface area contributed by atoms with Crippen LogP contribution in [-0.2, 0) is 0 Å². The maximum Gasteiger partial charge on any atom is 0.160 e. The molecule has 0 amide bonds. The van der Waals surface area contributed by atoms with Gasteiger partial charge in [-0.15, -0.1) is 0 Å². The molecule has 6 aromatic heterocycles. The molecular weight excluding hydrogens is 566 g/mol. The van der Waals surface area contributed by atoms with Gasteiger partial charge in [-0.3, -0.25) is 24.9 Å². The highest BCUT2D eigenvalue weighted by Gasteiger charge is 2.17. The Morgan fingerprint density at radius 3 is 1.46 bits per heavy atom. The number of hydrogen-bond donors (Lipinski definition) is 0. The van der Waals surface area contributed by atoms with E-state index in [0.29, 0.717) is 5.82 Å². The third-order valence-electron chi connectivity index (χ3n) is 8.35. The van der Waals surface area contributed by atoms with E-state index in [-0.39, 0.29) is 0 Å². The molecule has 3 aromatic carbocycles. The SMILES string of the molecule is c1ccc(-c2ccc(-c3nc(-c4ccnc5c4ccc4cccnc45)cc(-c4ccnc5c4ccc4cccnc45)n3)cc2)nc1. The van der Waals surface area contributed by atoms with Gasteiger partial charge in [-0.25, -0.2) is 9.97 Å². The van der Waals surface area contributed by atoms with Crippen LogP contribution in [0.15, 0.2) is 140 Å². The molecular formula is C39H23N7. The van der Waals surface area contributed by atoms with Crippen LogP contribution in [0.5, 0.6) is 0 Å². The van der Waals surface area contributed by atoms with E-state index in [4.69, 9.17) is 19.9 Å². The lowest BCUT2D eigenvalue weighted by atomic mass is 9.99. The zero-order valence-corrected chi connectivity index (χ0v) is 24.4. The van der Waals surface area contributed by atoms with Crippen LogP contribution in [0.25, 0.3) is 88.8 Å². The van der Waals surface area contributed by atoms with Gasteiger partial charge in [-0.1, -0.05) is 66.7 Å². The highest BCUT2D eigenvalue weighted by atomic mass is 14.9. The molecule has 0 bridgehead atoms. The standard InChI is InChI=1S/C39H23N7/c1-2-18-40-32(7-1)24-8-10-27(11-9-24)39-45-33(28-16-21-43-37-30(28)14-12-25-5-3-19-41-35(25)37)23-34(46-39)29-17-22-44-38-31(29)15-13-26-6-4-20-42-36(26)38/h1-23H. The zero-order valence-electron chi connectivity index (χ0n) is 24.4. The van der Waals surface area contributed by atoms with E-state index in [0.717, 1.165) is 82.9 Å². The van der Waals surface area contributed by atoms with Crippen LogP contribution >= 0.6 is 0 Å². The smallest absolute Gasteiger partial charge is 0.160 e. The number of pyridine rings is 5. The van der Waals surface area contributed by atoms with E-state index in [1.54, 1.807) is 18.6 Å². The van der Waals surface area contributed by atoms with E-state index in [9.17, 15) is 0 Å². The Morgan fingerprint density at radius 2 is 0.891 bits per heavy atom. The van der Waals surface area contributed by atoms with Gasteiger partial charge < -0.3 is 0 Å². The van der Waals surface area contributed by atoms with Gasteiger partial charge in [0.1, 0.15) is 0 Å². The summed E-state index contributed by atoms with van der Waals surface area (Å²) in [6.45, 7) is 0. The normalized spacial score (nSPS) is 11.5.